The predicted molar refractivity (Wildman–Crippen MR) is 88.9 cm³/mol. The first kappa shape index (κ1) is 20.3. The second-order valence-electron chi connectivity index (χ2n) is 5.92. The lowest BCUT2D eigenvalue weighted by Crippen LogP contribution is -2.50. The third-order valence-electron chi connectivity index (χ3n) is 4.19. The molecule has 1 aromatic rings. The molecule has 1 amide bonds. The molecule has 0 saturated carbocycles. The number of hydrogen-bond acceptors (Lipinski definition) is 6. The first-order valence-corrected chi connectivity index (χ1v) is 9.48. The number of methoxy groups -OCH3 is 1. The van der Waals surface area contributed by atoms with Crippen LogP contribution in [0.5, 0.6) is 0 Å². The van der Waals surface area contributed by atoms with Gasteiger partial charge in [-0.15, -0.1) is 0 Å². The van der Waals surface area contributed by atoms with Gasteiger partial charge in [-0.25, -0.2) is 17.6 Å². The summed E-state index contributed by atoms with van der Waals surface area (Å²) in [6, 6.07) is 3.27. The Morgan fingerprint density at radius 3 is 2.62 bits per heavy atom. The Balaban J connectivity index is 2.09. The molecule has 2 atom stereocenters. The van der Waals surface area contributed by atoms with E-state index < -0.39 is 46.3 Å². The van der Waals surface area contributed by atoms with Gasteiger partial charge in [0, 0.05) is 13.1 Å². The molecule has 8 nitrogen and oxygen atoms in total. The molecule has 10 heteroatoms. The average Bonchev–Trinajstić information content (AvgIpc) is 2.65. The van der Waals surface area contributed by atoms with E-state index in [1.807, 2.05) is 0 Å². The van der Waals surface area contributed by atoms with Crippen LogP contribution >= 0.6 is 0 Å². The molecule has 0 bridgehead atoms. The molecule has 0 aliphatic carbocycles. The zero-order valence-corrected chi connectivity index (χ0v) is 15.0. The number of carbonyl (C=O) groups is 2. The van der Waals surface area contributed by atoms with Crippen LogP contribution in [0.25, 0.3) is 0 Å². The van der Waals surface area contributed by atoms with Crippen molar-refractivity contribution in [2.45, 2.75) is 23.8 Å². The highest BCUT2D eigenvalue weighted by molar-refractivity contribution is 7.89. The van der Waals surface area contributed by atoms with Gasteiger partial charge in [0.15, 0.2) is 6.04 Å². The van der Waals surface area contributed by atoms with Crippen LogP contribution in [0.2, 0.25) is 0 Å². The Morgan fingerprint density at radius 1 is 1.38 bits per heavy atom. The zero-order valence-electron chi connectivity index (χ0n) is 14.2. The van der Waals surface area contributed by atoms with E-state index in [4.69, 9.17) is 0 Å². The zero-order chi connectivity index (χ0) is 19.3. The lowest BCUT2D eigenvalue weighted by atomic mass is 9.98. The van der Waals surface area contributed by atoms with E-state index in [2.05, 4.69) is 10.1 Å². The van der Waals surface area contributed by atoms with Gasteiger partial charge in [-0.2, -0.15) is 4.31 Å². The summed E-state index contributed by atoms with van der Waals surface area (Å²) >= 11 is 0. The van der Waals surface area contributed by atoms with Crippen LogP contribution in [0.1, 0.15) is 12.8 Å². The molecule has 1 aliphatic rings. The number of nitrogens with one attached hydrogen (secondary N) is 1. The summed E-state index contributed by atoms with van der Waals surface area (Å²) in [5.41, 5.74) is 0. The molecular weight excluding hydrogens is 367 g/mol. The molecule has 2 rings (SSSR count). The fraction of sp³-hybridized carbons (Fsp3) is 0.500. The molecule has 1 saturated heterocycles. The van der Waals surface area contributed by atoms with Crippen LogP contribution in [0.4, 0.5) is 4.39 Å². The molecule has 0 aromatic heterocycles. The van der Waals surface area contributed by atoms with Gasteiger partial charge in [-0.05, 0) is 37.1 Å². The number of aliphatic hydroxyl groups is 1. The van der Waals surface area contributed by atoms with E-state index in [1.54, 1.807) is 0 Å². The maximum Gasteiger partial charge on any atom is 0.330 e. The van der Waals surface area contributed by atoms with Crippen molar-refractivity contribution in [2.24, 2.45) is 5.92 Å². The maximum atomic E-state index is 13.0. The molecular formula is C16H21FN2O6S. The Bertz CT molecular complexity index is 753. The number of hydrogen-bond donors (Lipinski definition) is 2. The lowest BCUT2D eigenvalue weighted by Gasteiger charge is -2.31. The highest BCUT2D eigenvalue weighted by Crippen LogP contribution is 2.24. The van der Waals surface area contributed by atoms with Gasteiger partial charge < -0.3 is 15.2 Å². The van der Waals surface area contributed by atoms with Crippen molar-refractivity contribution in [1.29, 1.82) is 0 Å². The first-order valence-electron chi connectivity index (χ1n) is 8.04. The van der Waals surface area contributed by atoms with Gasteiger partial charge in [0.25, 0.3) is 0 Å². The number of piperidine rings is 1. The fourth-order valence-electron chi connectivity index (χ4n) is 2.74. The fourth-order valence-corrected chi connectivity index (χ4v) is 4.27. The van der Waals surface area contributed by atoms with Crippen molar-refractivity contribution in [3.63, 3.8) is 0 Å². The summed E-state index contributed by atoms with van der Waals surface area (Å²) in [6.45, 7) is -0.447. The SMILES string of the molecule is COC(=O)[C@@H](CO)NC(=O)[C@@H]1CCCN(S(=O)(=O)c2ccc(F)cc2)C1. The smallest absolute Gasteiger partial charge is 0.330 e. The number of benzene rings is 1. The van der Waals surface area contributed by atoms with E-state index in [0.29, 0.717) is 12.8 Å². The summed E-state index contributed by atoms with van der Waals surface area (Å²) < 4.78 is 44.0. The number of carbonyl (C=O) groups excluding carboxylic acids is 2. The van der Waals surface area contributed by atoms with Crippen LogP contribution in [0.15, 0.2) is 29.2 Å². The van der Waals surface area contributed by atoms with Crippen molar-refractivity contribution < 1.29 is 32.2 Å². The van der Waals surface area contributed by atoms with Crippen LogP contribution in [0.3, 0.4) is 0 Å². The molecule has 0 radical (unpaired) electrons. The number of aliphatic hydroxyl groups excluding tert-OH is 1. The normalized spacial score (nSPS) is 19.6. The van der Waals surface area contributed by atoms with Crippen molar-refractivity contribution in [3.8, 4) is 0 Å². The molecule has 1 aromatic carbocycles. The third-order valence-corrected chi connectivity index (χ3v) is 6.07. The Labute approximate surface area is 151 Å². The Kier molecular flexibility index (Phi) is 6.68. The lowest BCUT2D eigenvalue weighted by molar-refractivity contribution is -0.146. The summed E-state index contributed by atoms with van der Waals surface area (Å²) in [6.07, 6.45) is 0.904. The molecule has 144 valence electrons. The first-order chi connectivity index (χ1) is 12.3. The summed E-state index contributed by atoms with van der Waals surface area (Å²) in [7, 11) is -2.72. The van der Waals surface area contributed by atoms with Crippen LogP contribution in [-0.4, -0.2) is 62.6 Å². The van der Waals surface area contributed by atoms with Crippen molar-refractivity contribution in [3.05, 3.63) is 30.1 Å². The Hall–Kier alpha value is -2.04. The minimum atomic E-state index is -3.85. The van der Waals surface area contributed by atoms with Crippen LogP contribution in [0, 0.1) is 11.7 Å². The van der Waals surface area contributed by atoms with Crippen molar-refractivity contribution in [2.75, 3.05) is 26.8 Å². The van der Waals surface area contributed by atoms with Gasteiger partial charge in [0.05, 0.1) is 24.5 Å². The molecule has 1 heterocycles. The number of sulfonamides is 1. The molecule has 0 spiro atoms. The van der Waals surface area contributed by atoms with E-state index in [-0.39, 0.29) is 18.0 Å². The molecule has 1 fully saturated rings. The van der Waals surface area contributed by atoms with Crippen LogP contribution in [-0.2, 0) is 24.3 Å². The van der Waals surface area contributed by atoms with E-state index in [1.165, 1.54) is 16.4 Å². The number of rotatable bonds is 6. The minimum absolute atomic E-state index is 0.0530. The molecule has 1 aliphatic heterocycles. The highest BCUT2D eigenvalue weighted by Gasteiger charge is 2.34. The molecule has 2 N–H and O–H groups in total. The summed E-state index contributed by atoms with van der Waals surface area (Å²) in [4.78, 5) is 23.8. The number of nitrogens with zero attached hydrogens (tertiary/aromatic N) is 1. The van der Waals surface area contributed by atoms with Gasteiger partial charge in [0.1, 0.15) is 5.82 Å². The quantitative estimate of drug-likeness (QED) is 0.657. The number of halogens is 1. The monoisotopic (exact) mass is 388 g/mol. The van der Waals surface area contributed by atoms with Gasteiger partial charge >= 0.3 is 5.97 Å². The second-order valence-corrected chi connectivity index (χ2v) is 7.86. The second kappa shape index (κ2) is 8.56. The minimum Gasteiger partial charge on any atom is -0.467 e. The van der Waals surface area contributed by atoms with Gasteiger partial charge in [-0.3, -0.25) is 4.79 Å². The highest BCUT2D eigenvalue weighted by atomic mass is 32.2. The average molecular weight is 388 g/mol. The maximum absolute atomic E-state index is 13.0. The predicted octanol–water partition coefficient (Wildman–Crippen LogP) is -0.124. The summed E-state index contributed by atoms with van der Waals surface area (Å²) in [5.74, 6) is -2.53. The Morgan fingerprint density at radius 2 is 2.04 bits per heavy atom. The summed E-state index contributed by atoms with van der Waals surface area (Å²) in [5, 5.41) is 11.5. The standard InChI is InChI=1S/C16H21FN2O6S/c1-25-16(22)14(10-20)18-15(21)11-3-2-8-19(9-11)26(23,24)13-6-4-12(17)5-7-13/h4-7,11,14,20H,2-3,8-10H2,1H3,(H,18,21)/t11-,14-/m1/s1. The van der Waals surface area contributed by atoms with Crippen molar-refractivity contribution >= 4 is 21.9 Å². The van der Waals surface area contributed by atoms with Gasteiger partial charge in [0.2, 0.25) is 15.9 Å². The number of esters is 1. The molecule has 26 heavy (non-hydrogen) atoms. The number of ether oxygens (including phenoxy) is 1. The topological polar surface area (TPSA) is 113 Å². The van der Waals surface area contributed by atoms with Crippen LogP contribution < -0.4 is 5.32 Å². The van der Waals surface area contributed by atoms with E-state index in [0.717, 1.165) is 19.2 Å². The van der Waals surface area contributed by atoms with Crippen molar-refractivity contribution in [1.82, 2.24) is 9.62 Å². The molecule has 0 unspecified atom stereocenters. The number of amides is 1. The largest absolute Gasteiger partial charge is 0.467 e. The van der Waals surface area contributed by atoms with E-state index >= 15 is 0 Å². The van der Waals surface area contributed by atoms with E-state index in [9.17, 15) is 27.5 Å². The third kappa shape index (κ3) is 4.57. The van der Waals surface area contributed by atoms with Gasteiger partial charge in [-0.1, -0.05) is 0 Å².